The van der Waals surface area contributed by atoms with E-state index in [0.29, 0.717) is 10.9 Å². The molecule has 1 aliphatic rings. The summed E-state index contributed by atoms with van der Waals surface area (Å²) in [6.07, 6.45) is 1.71. The van der Waals surface area contributed by atoms with Crippen molar-refractivity contribution in [2.45, 2.75) is 6.92 Å². The zero-order valence-corrected chi connectivity index (χ0v) is 14.2. The molecule has 0 bridgehead atoms. The Morgan fingerprint density at radius 3 is 3.05 bits per heavy atom. The number of nitrogens with zero attached hydrogens (tertiary/aromatic N) is 3. The molecule has 6 nitrogen and oxygen atoms in total. The summed E-state index contributed by atoms with van der Waals surface area (Å²) in [6, 6.07) is 3.70. The maximum atomic E-state index is 5.79. The molecule has 0 saturated carbocycles. The highest BCUT2D eigenvalue weighted by Gasteiger charge is 2.10. The third-order valence-electron chi connectivity index (χ3n) is 3.20. The van der Waals surface area contributed by atoms with Crippen molar-refractivity contribution in [1.82, 2.24) is 15.3 Å². The van der Waals surface area contributed by atoms with Crippen LogP contribution in [0.3, 0.4) is 0 Å². The van der Waals surface area contributed by atoms with Gasteiger partial charge in [-0.1, -0.05) is 12.2 Å². The summed E-state index contributed by atoms with van der Waals surface area (Å²) >= 11 is 8.75. The standard InChI is InChI=1S/C14H20N4O2S2/c1-11(16-17-14(21)22)13-10-12(2-3-15-13)20-9-6-18-4-7-19-8-5-18/h2-3,10H,4-9H2,1H3,(H2,17,21,22)/b16-11+. The first kappa shape index (κ1) is 17.1. The molecule has 22 heavy (non-hydrogen) atoms. The highest BCUT2D eigenvalue weighted by Crippen LogP contribution is 2.12. The maximum absolute atomic E-state index is 5.79. The summed E-state index contributed by atoms with van der Waals surface area (Å²) in [6.45, 7) is 6.91. The van der Waals surface area contributed by atoms with Gasteiger partial charge >= 0.3 is 0 Å². The quantitative estimate of drug-likeness (QED) is 0.353. The van der Waals surface area contributed by atoms with Gasteiger partial charge < -0.3 is 9.47 Å². The zero-order chi connectivity index (χ0) is 15.8. The largest absolute Gasteiger partial charge is 0.492 e. The lowest BCUT2D eigenvalue weighted by atomic mass is 10.2. The van der Waals surface area contributed by atoms with E-state index >= 15 is 0 Å². The van der Waals surface area contributed by atoms with Gasteiger partial charge in [0.2, 0.25) is 0 Å². The van der Waals surface area contributed by atoms with Crippen LogP contribution in [0.1, 0.15) is 12.6 Å². The van der Waals surface area contributed by atoms with E-state index in [1.165, 1.54) is 0 Å². The molecular weight excluding hydrogens is 320 g/mol. The highest BCUT2D eigenvalue weighted by atomic mass is 32.1. The summed E-state index contributed by atoms with van der Waals surface area (Å²) < 4.78 is 11.4. The molecule has 0 radical (unpaired) electrons. The fourth-order valence-corrected chi connectivity index (χ4v) is 2.10. The van der Waals surface area contributed by atoms with Crippen LogP contribution in [-0.4, -0.2) is 59.4 Å². The highest BCUT2D eigenvalue weighted by molar-refractivity contribution is 8.11. The molecule has 0 aromatic carbocycles. The van der Waals surface area contributed by atoms with E-state index in [9.17, 15) is 0 Å². The van der Waals surface area contributed by atoms with Crippen molar-refractivity contribution >= 4 is 34.9 Å². The molecule has 1 fully saturated rings. The number of hydrogen-bond donors (Lipinski definition) is 2. The van der Waals surface area contributed by atoms with E-state index in [-0.39, 0.29) is 0 Å². The number of nitrogens with one attached hydrogen (secondary N) is 1. The zero-order valence-electron chi connectivity index (χ0n) is 12.5. The summed E-state index contributed by atoms with van der Waals surface area (Å²) in [7, 11) is 0. The Hall–Kier alpha value is -1.22. The third-order valence-corrected chi connectivity index (χ3v) is 3.39. The van der Waals surface area contributed by atoms with Crippen LogP contribution in [0, 0.1) is 0 Å². The number of morpholine rings is 1. The topological polar surface area (TPSA) is 59.0 Å². The van der Waals surface area contributed by atoms with Gasteiger partial charge in [0, 0.05) is 31.9 Å². The summed E-state index contributed by atoms with van der Waals surface area (Å²) in [4.78, 5) is 6.60. The van der Waals surface area contributed by atoms with Gasteiger partial charge in [-0.2, -0.15) is 5.10 Å². The number of thiol groups is 1. The monoisotopic (exact) mass is 340 g/mol. The average Bonchev–Trinajstić information content (AvgIpc) is 2.54. The summed E-state index contributed by atoms with van der Waals surface area (Å²) in [5, 5.41) is 4.10. The van der Waals surface area contributed by atoms with Crippen molar-refractivity contribution < 1.29 is 9.47 Å². The van der Waals surface area contributed by atoms with Gasteiger partial charge in [0.25, 0.3) is 0 Å². The third kappa shape index (κ3) is 5.88. The van der Waals surface area contributed by atoms with Crippen LogP contribution < -0.4 is 10.2 Å². The number of aromatic nitrogens is 1. The SMILES string of the molecule is C/C(=N\NC(=S)S)c1cc(OCCN2CCOCC2)ccn1. The molecule has 1 N–H and O–H groups in total. The Morgan fingerprint density at radius 2 is 2.32 bits per heavy atom. The maximum Gasteiger partial charge on any atom is 0.150 e. The van der Waals surface area contributed by atoms with Gasteiger partial charge in [-0.05, 0) is 13.0 Å². The predicted molar refractivity (Wildman–Crippen MR) is 93.9 cm³/mol. The Morgan fingerprint density at radius 1 is 1.55 bits per heavy atom. The summed E-state index contributed by atoms with van der Waals surface area (Å²) in [5.41, 5.74) is 4.09. The second-order valence-electron chi connectivity index (χ2n) is 4.79. The van der Waals surface area contributed by atoms with Crippen molar-refractivity contribution in [3.63, 3.8) is 0 Å². The second kappa shape index (κ2) is 9.04. The number of rotatable bonds is 6. The van der Waals surface area contributed by atoms with E-state index in [1.807, 2.05) is 19.1 Å². The van der Waals surface area contributed by atoms with Crippen LogP contribution in [0.2, 0.25) is 0 Å². The molecule has 1 aliphatic heterocycles. The van der Waals surface area contributed by atoms with Gasteiger partial charge in [-0.3, -0.25) is 15.3 Å². The van der Waals surface area contributed by atoms with Crippen LogP contribution in [-0.2, 0) is 4.74 Å². The molecule has 0 aliphatic carbocycles. The van der Waals surface area contributed by atoms with Crippen LogP contribution in [0.5, 0.6) is 5.75 Å². The smallest absolute Gasteiger partial charge is 0.150 e. The molecule has 2 rings (SSSR count). The van der Waals surface area contributed by atoms with E-state index in [2.05, 4.69) is 33.0 Å². The Balaban J connectivity index is 1.85. The lowest BCUT2D eigenvalue weighted by molar-refractivity contribution is 0.0322. The van der Waals surface area contributed by atoms with Gasteiger partial charge in [0.1, 0.15) is 12.4 Å². The number of hydrogen-bond acceptors (Lipinski definition) is 6. The van der Waals surface area contributed by atoms with Gasteiger partial charge in [-0.25, -0.2) is 0 Å². The first-order chi connectivity index (χ1) is 10.6. The Labute approximate surface area is 141 Å². The fourth-order valence-electron chi connectivity index (χ4n) is 2.01. The lowest BCUT2D eigenvalue weighted by Crippen LogP contribution is -2.38. The van der Waals surface area contributed by atoms with Crippen LogP contribution in [0.15, 0.2) is 23.4 Å². The molecule has 1 aromatic rings. The molecule has 1 saturated heterocycles. The number of pyridine rings is 1. The molecule has 8 heteroatoms. The fraction of sp³-hybridized carbons (Fsp3) is 0.500. The molecule has 0 unspecified atom stereocenters. The van der Waals surface area contributed by atoms with E-state index in [4.69, 9.17) is 21.7 Å². The Kier molecular flexibility index (Phi) is 7.04. The van der Waals surface area contributed by atoms with Crippen LogP contribution >= 0.6 is 24.8 Å². The Bertz CT molecular complexity index is 533. The van der Waals surface area contributed by atoms with Crippen molar-refractivity contribution in [2.75, 3.05) is 39.5 Å². The first-order valence-electron chi connectivity index (χ1n) is 7.07. The number of thiocarbonyl (C=S) groups is 1. The van der Waals surface area contributed by atoms with Crippen molar-refractivity contribution in [3.8, 4) is 5.75 Å². The van der Waals surface area contributed by atoms with Gasteiger partial charge in [-0.15, -0.1) is 12.6 Å². The first-order valence-corrected chi connectivity index (χ1v) is 7.93. The lowest BCUT2D eigenvalue weighted by Gasteiger charge is -2.26. The second-order valence-corrected chi connectivity index (χ2v) is 5.95. The number of ether oxygens (including phenoxy) is 2. The molecule has 0 amide bonds. The molecule has 1 aromatic heterocycles. The minimum atomic E-state index is 0.317. The molecule has 0 atom stereocenters. The van der Waals surface area contributed by atoms with E-state index < -0.39 is 0 Å². The van der Waals surface area contributed by atoms with Gasteiger partial charge in [0.05, 0.1) is 24.6 Å². The van der Waals surface area contributed by atoms with Crippen molar-refractivity contribution in [1.29, 1.82) is 0 Å². The summed E-state index contributed by atoms with van der Waals surface area (Å²) in [5.74, 6) is 0.779. The van der Waals surface area contributed by atoms with E-state index in [1.54, 1.807) is 6.20 Å². The van der Waals surface area contributed by atoms with Crippen molar-refractivity contribution in [3.05, 3.63) is 24.0 Å². The molecular formula is C14H20N4O2S2. The minimum Gasteiger partial charge on any atom is -0.492 e. The minimum absolute atomic E-state index is 0.317. The van der Waals surface area contributed by atoms with Crippen LogP contribution in [0.4, 0.5) is 0 Å². The number of hydrazone groups is 1. The van der Waals surface area contributed by atoms with Gasteiger partial charge in [0.15, 0.2) is 4.32 Å². The normalized spacial score (nSPS) is 16.4. The van der Waals surface area contributed by atoms with E-state index in [0.717, 1.165) is 50.0 Å². The molecule has 120 valence electrons. The molecule has 0 spiro atoms. The predicted octanol–water partition coefficient (Wildman–Crippen LogP) is 1.32. The van der Waals surface area contributed by atoms with Crippen LogP contribution in [0.25, 0.3) is 0 Å². The molecule has 2 heterocycles. The van der Waals surface area contributed by atoms with Crippen molar-refractivity contribution in [2.24, 2.45) is 5.10 Å². The average molecular weight is 340 g/mol.